The van der Waals surface area contributed by atoms with Gasteiger partial charge < -0.3 is 19.9 Å². The summed E-state index contributed by atoms with van der Waals surface area (Å²) in [6.45, 7) is 0.0838. The molecule has 23 heavy (non-hydrogen) atoms. The Bertz CT molecular complexity index is 746. The van der Waals surface area contributed by atoms with Crippen LogP contribution in [0.2, 0.25) is 0 Å². The number of nitrogens with zero attached hydrogens (tertiary/aromatic N) is 2. The van der Waals surface area contributed by atoms with E-state index in [2.05, 4.69) is 4.98 Å². The molecule has 0 bridgehead atoms. The first-order chi connectivity index (χ1) is 11.1. The summed E-state index contributed by atoms with van der Waals surface area (Å²) in [5.74, 6) is -0.328. The van der Waals surface area contributed by atoms with Gasteiger partial charge in [0.15, 0.2) is 12.5 Å². The molecule has 1 aliphatic heterocycles. The lowest BCUT2D eigenvalue weighted by Gasteiger charge is -2.13. The van der Waals surface area contributed by atoms with Gasteiger partial charge in [-0.2, -0.15) is 4.98 Å². The Hall–Kier alpha value is -2.71. The molecular formula is C15H15N3O5. The van der Waals surface area contributed by atoms with Crippen molar-refractivity contribution in [3.8, 4) is 0 Å². The van der Waals surface area contributed by atoms with E-state index in [1.165, 1.54) is 16.8 Å². The smallest absolute Gasteiger partial charge is 0.351 e. The number of carbonyl (C=O) groups excluding carboxylic acids is 1. The Morgan fingerprint density at radius 3 is 2.87 bits per heavy atom. The molecule has 0 amide bonds. The lowest BCUT2D eigenvalue weighted by atomic mass is 10.2. The van der Waals surface area contributed by atoms with Crippen LogP contribution in [0.3, 0.4) is 0 Å². The van der Waals surface area contributed by atoms with E-state index in [0.717, 1.165) is 0 Å². The minimum atomic E-state index is -0.739. The van der Waals surface area contributed by atoms with Crippen LogP contribution in [0.1, 0.15) is 16.6 Å². The summed E-state index contributed by atoms with van der Waals surface area (Å²) in [4.78, 5) is 27.2. The quantitative estimate of drug-likeness (QED) is 0.821. The largest absolute Gasteiger partial charge is 0.457 e. The van der Waals surface area contributed by atoms with Crippen LogP contribution < -0.4 is 11.4 Å². The summed E-state index contributed by atoms with van der Waals surface area (Å²) >= 11 is 0. The van der Waals surface area contributed by atoms with Crippen molar-refractivity contribution in [2.45, 2.75) is 12.5 Å². The van der Waals surface area contributed by atoms with E-state index in [1.807, 2.05) is 6.07 Å². The molecule has 0 radical (unpaired) electrons. The van der Waals surface area contributed by atoms with Gasteiger partial charge in [0.2, 0.25) is 0 Å². The van der Waals surface area contributed by atoms with Gasteiger partial charge in [-0.15, -0.1) is 0 Å². The molecule has 0 saturated carbocycles. The normalized spacial score (nSPS) is 20.3. The summed E-state index contributed by atoms with van der Waals surface area (Å²) in [6, 6.07) is 10.1. The maximum absolute atomic E-state index is 11.8. The first-order valence-electron chi connectivity index (χ1n) is 6.97. The molecule has 0 spiro atoms. The van der Waals surface area contributed by atoms with Crippen LogP contribution in [-0.2, 0) is 14.2 Å². The Morgan fingerprint density at radius 2 is 2.13 bits per heavy atom. The molecule has 1 saturated heterocycles. The molecule has 0 aliphatic carbocycles. The number of esters is 1. The zero-order valence-electron chi connectivity index (χ0n) is 12.1. The van der Waals surface area contributed by atoms with Crippen molar-refractivity contribution in [3.05, 3.63) is 58.6 Å². The van der Waals surface area contributed by atoms with Crippen LogP contribution in [0.5, 0.6) is 0 Å². The lowest BCUT2D eigenvalue weighted by Crippen LogP contribution is -2.29. The van der Waals surface area contributed by atoms with Crippen molar-refractivity contribution >= 4 is 11.8 Å². The predicted molar refractivity (Wildman–Crippen MR) is 79.5 cm³/mol. The van der Waals surface area contributed by atoms with E-state index in [-0.39, 0.29) is 19.0 Å². The van der Waals surface area contributed by atoms with E-state index >= 15 is 0 Å². The molecule has 2 aromatic rings. The fourth-order valence-corrected chi connectivity index (χ4v) is 2.12. The summed E-state index contributed by atoms with van der Waals surface area (Å²) in [7, 11) is 0. The third-order valence-corrected chi connectivity index (χ3v) is 3.26. The molecule has 8 heteroatoms. The molecule has 2 atom stereocenters. The van der Waals surface area contributed by atoms with Crippen LogP contribution in [0.25, 0.3) is 0 Å². The minimum Gasteiger partial charge on any atom is -0.457 e. The number of rotatable bonds is 4. The number of hydrogen-bond acceptors (Lipinski definition) is 7. The maximum atomic E-state index is 11.8. The second-order valence-electron chi connectivity index (χ2n) is 4.86. The first-order valence-corrected chi connectivity index (χ1v) is 6.97. The van der Waals surface area contributed by atoms with Crippen molar-refractivity contribution in [1.82, 2.24) is 9.55 Å². The van der Waals surface area contributed by atoms with E-state index in [1.54, 1.807) is 24.3 Å². The van der Waals surface area contributed by atoms with E-state index < -0.39 is 24.2 Å². The van der Waals surface area contributed by atoms with Gasteiger partial charge in [0, 0.05) is 6.20 Å². The molecule has 8 nitrogen and oxygen atoms in total. The zero-order valence-corrected chi connectivity index (χ0v) is 12.1. The number of ether oxygens (including phenoxy) is 3. The molecular weight excluding hydrogens is 302 g/mol. The first kappa shape index (κ1) is 15.2. The summed E-state index contributed by atoms with van der Waals surface area (Å²) in [5.41, 5.74) is 5.35. The van der Waals surface area contributed by atoms with E-state index in [4.69, 9.17) is 19.9 Å². The lowest BCUT2D eigenvalue weighted by molar-refractivity contribution is -0.103. The highest BCUT2D eigenvalue weighted by molar-refractivity contribution is 5.89. The van der Waals surface area contributed by atoms with Crippen molar-refractivity contribution in [3.63, 3.8) is 0 Å². The monoisotopic (exact) mass is 317 g/mol. The van der Waals surface area contributed by atoms with Crippen LogP contribution in [0, 0.1) is 0 Å². The molecule has 3 rings (SSSR count). The molecule has 1 aliphatic rings. The average molecular weight is 317 g/mol. The average Bonchev–Trinajstić information content (AvgIpc) is 3.02. The van der Waals surface area contributed by atoms with Gasteiger partial charge in [-0.3, -0.25) is 4.57 Å². The number of carbonyl (C=O) groups is 1. The Labute approximate surface area is 131 Å². The molecule has 1 aromatic carbocycles. The van der Waals surface area contributed by atoms with Crippen LogP contribution >= 0.6 is 0 Å². The number of benzene rings is 1. The number of nitrogens with two attached hydrogens (primary N) is 1. The maximum Gasteiger partial charge on any atom is 0.351 e. The van der Waals surface area contributed by atoms with Gasteiger partial charge in [0.05, 0.1) is 12.2 Å². The molecule has 120 valence electrons. The standard InChI is InChI=1S/C15H15N3O5/c16-11-6-7-18(15(20)17-11)12-8-21-13(23-12)9-22-14(19)10-4-2-1-3-5-10/h1-7,12-13H,8-9H2,(H2,16,17,20)/t12-,13-/m0/s1. The third-order valence-electron chi connectivity index (χ3n) is 3.26. The summed E-state index contributed by atoms with van der Waals surface area (Å²) in [5, 5.41) is 0. The third kappa shape index (κ3) is 3.55. The highest BCUT2D eigenvalue weighted by Gasteiger charge is 2.29. The summed E-state index contributed by atoms with van der Waals surface area (Å²) in [6.07, 6.45) is 0.116. The van der Waals surface area contributed by atoms with Gasteiger partial charge in [0.1, 0.15) is 12.4 Å². The summed E-state index contributed by atoms with van der Waals surface area (Å²) < 4.78 is 17.3. The Kier molecular flexibility index (Phi) is 4.35. The molecule has 0 unspecified atom stereocenters. The van der Waals surface area contributed by atoms with Gasteiger partial charge in [-0.1, -0.05) is 18.2 Å². The zero-order chi connectivity index (χ0) is 16.2. The van der Waals surface area contributed by atoms with Crippen molar-refractivity contribution in [2.75, 3.05) is 18.9 Å². The fourth-order valence-electron chi connectivity index (χ4n) is 2.12. The number of nitrogen functional groups attached to an aromatic ring is 1. The van der Waals surface area contributed by atoms with Gasteiger partial charge >= 0.3 is 11.7 Å². The Balaban J connectivity index is 1.56. The number of anilines is 1. The predicted octanol–water partition coefficient (Wildman–Crippen LogP) is 0.554. The topological polar surface area (TPSA) is 106 Å². The highest BCUT2D eigenvalue weighted by Crippen LogP contribution is 2.20. The van der Waals surface area contributed by atoms with Gasteiger partial charge in [-0.05, 0) is 18.2 Å². The van der Waals surface area contributed by atoms with Gasteiger partial charge in [0.25, 0.3) is 0 Å². The minimum absolute atomic E-state index is 0.0681. The Morgan fingerprint density at radius 1 is 1.35 bits per heavy atom. The van der Waals surface area contributed by atoms with Crippen molar-refractivity contribution in [1.29, 1.82) is 0 Å². The van der Waals surface area contributed by atoms with Crippen LogP contribution in [-0.4, -0.2) is 35.0 Å². The number of aromatic nitrogens is 2. The molecule has 2 N–H and O–H groups in total. The molecule has 1 fully saturated rings. The SMILES string of the molecule is Nc1ccn([C@@H]2CO[C@H](COC(=O)c3ccccc3)O2)c(=O)n1. The van der Waals surface area contributed by atoms with Crippen molar-refractivity contribution in [2.24, 2.45) is 0 Å². The van der Waals surface area contributed by atoms with Gasteiger partial charge in [-0.25, -0.2) is 9.59 Å². The second kappa shape index (κ2) is 6.59. The number of hydrogen-bond donors (Lipinski definition) is 1. The second-order valence-corrected chi connectivity index (χ2v) is 4.86. The van der Waals surface area contributed by atoms with Crippen molar-refractivity contribution < 1.29 is 19.0 Å². The van der Waals surface area contributed by atoms with E-state index in [9.17, 15) is 9.59 Å². The van der Waals surface area contributed by atoms with E-state index in [0.29, 0.717) is 5.56 Å². The molecule has 2 heterocycles. The van der Waals surface area contributed by atoms with Crippen LogP contribution in [0.15, 0.2) is 47.4 Å². The highest BCUT2D eigenvalue weighted by atomic mass is 16.7. The van der Waals surface area contributed by atoms with Crippen LogP contribution in [0.4, 0.5) is 5.82 Å². The fraction of sp³-hybridized carbons (Fsp3) is 0.267. The molecule has 1 aromatic heterocycles.